The molecule has 0 saturated heterocycles. The number of aromatic nitrogens is 2. The minimum Gasteiger partial charge on any atom is -0.451 e. The molecule has 7 heteroatoms. The number of nitrogens with one attached hydrogen (secondary N) is 1. The fourth-order valence-corrected chi connectivity index (χ4v) is 2.29. The molecule has 0 aliphatic rings. The van der Waals surface area contributed by atoms with Crippen molar-refractivity contribution in [3.63, 3.8) is 0 Å². The minimum absolute atomic E-state index is 0.248. The number of hydrogen-bond acceptors (Lipinski definition) is 6. The van der Waals surface area contributed by atoms with Gasteiger partial charge in [0.05, 0.1) is 6.20 Å². The third-order valence-corrected chi connectivity index (χ3v) is 3.48. The molecule has 3 aromatic rings. The van der Waals surface area contributed by atoms with Gasteiger partial charge in [-0.2, -0.15) is 4.98 Å². The summed E-state index contributed by atoms with van der Waals surface area (Å²) in [6, 6.07) is 9.21. The largest absolute Gasteiger partial charge is 0.451 e. The van der Waals surface area contributed by atoms with Gasteiger partial charge < -0.3 is 19.5 Å². The fraction of sp³-hybridized carbons (Fsp3) is 0.235. The van der Waals surface area contributed by atoms with Crippen LogP contribution in [0.5, 0.6) is 0 Å². The van der Waals surface area contributed by atoms with Crippen LogP contribution in [0.2, 0.25) is 0 Å². The maximum absolute atomic E-state index is 12.5. The first-order valence-electron chi connectivity index (χ1n) is 7.47. The molecule has 0 bridgehead atoms. The van der Waals surface area contributed by atoms with E-state index in [1.807, 2.05) is 57.4 Å². The topological polar surface area (TPSA) is 74.5 Å². The Bertz CT molecular complexity index is 853. The minimum atomic E-state index is -0.337. The summed E-state index contributed by atoms with van der Waals surface area (Å²) < 4.78 is 5.59. The number of carbonyl (C=O) groups is 1. The van der Waals surface area contributed by atoms with Crippen molar-refractivity contribution in [3.8, 4) is 0 Å². The Morgan fingerprint density at radius 2 is 1.88 bits per heavy atom. The van der Waals surface area contributed by atoms with Gasteiger partial charge in [0, 0.05) is 33.6 Å². The number of furan rings is 1. The highest BCUT2D eigenvalue weighted by Gasteiger charge is 2.17. The number of fused-ring (bicyclic) bond motifs is 1. The van der Waals surface area contributed by atoms with E-state index in [1.54, 1.807) is 17.2 Å². The molecular weight excluding hydrogens is 306 g/mol. The Kier molecular flexibility index (Phi) is 4.07. The van der Waals surface area contributed by atoms with Crippen molar-refractivity contribution in [2.45, 2.75) is 0 Å². The lowest BCUT2D eigenvalue weighted by Gasteiger charge is -2.19. The zero-order valence-electron chi connectivity index (χ0n) is 14.1. The van der Waals surface area contributed by atoms with E-state index in [1.165, 1.54) is 0 Å². The summed E-state index contributed by atoms with van der Waals surface area (Å²) in [7, 11) is 7.44. The van der Waals surface area contributed by atoms with Crippen molar-refractivity contribution in [2.75, 3.05) is 43.3 Å². The Hall–Kier alpha value is -3.09. The number of nitrogens with zero attached hydrogens (tertiary/aromatic N) is 4. The van der Waals surface area contributed by atoms with Gasteiger partial charge in [0.2, 0.25) is 5.95 Å². The molecule has 0 fully saturated rings. The van der Waals surface area contributed by atoms with Crippen LogP contribution in [0.4, 0.5) is 17.5 Å². The number of para-hydroxylation sites is 1. The third-order valence-electron chi connectivity index (χ3n) is 3.48. The molecule has 1 N–H and O–H groups in total. The van der Waals surface area contributed by atoms with Crippen molar-refractivity contribution in [2.24, 2.45) is 0 Å². The lowest BCUT2D eigenvalue weighted by Crippen LogP contribution is -2.20. The second-order valence-corrected chi connectivity index (χ2v) is 5.80. The van der Waals surface area contributed by atoms with Crippen LogP contribution in [0.25, 0.3) is 11.0 Å². The van der Waals surface area contributed by atoms with E-state index in [2.05, 4.69) is 15.3 Å². The zero-order chi connectivity index (χ0) is 17.3. The smallest absolute Gasteiger partial charge is 0.291 e. The van der Waals surface area contributed by atoms with Gasteiger partial charge in [-0.15, -0.1) is 0 Å². The third kappa shape index (κ3) is 3.01. The number of amides is 1. The first kappa shape index (κ1) is 15.8. The van der Waals surface area contributed by atoms with Gasteiger partial charge in [-0.1, -0.05) is 18.2 Å². The van der Waals surface area contributed by atoms with Gasteiger partial charge in [-0.25, -0.2) is 4.98 Å². The maximum atomic E-state index is 12.5. The predicted octanol–water partition coefficient (Wildman–Crippen LogP) is 2.61. The number of rotatable bonds is 4. The van der Waals surface area contributed by atoms with Gasteiger partial charge in [0.25, 0.3) is 5.91 Å². The van der Waals surface area contributed by atoms with Crippen LogP contribution in [0.15, 0.2) is 40.9 Å². The van der Waals surface area contributed by atoms with Crippen molar-refractivity contribution >= 4 is 34.3 Å². The molecule has 1 amide bonds. The van der Waals surface area contributed by atoms with E-state index in [0.717, 1.165) is 5.39 Å². The highest BCUT2D eigenvalue weighted by atomic mass is 16.3. The molecule has 124 valence electrons. The van der Waals surface area contributed by atoms with E-state index in [0.29, 0.717) is 23.0 Å². The van der Waals surface area contributed by atoms with Crippen molar-refractivity contribution < 1.29 is 9.21 Å². The molecule has 2 aromatic heterocycles. The molecule has 0 unspecified atom stereocenters. The predicted molar refractivity (Wildman–Crippen MR) is 94.9 cm³/mol. The number of anilines is 3. The van der Waals surface area contributed by atoms with Gasteiger partial charge in [0.15, 0.2) is 11.6 Å². The van der Waals surface area contributed by atoms with Crippen molar-refractivity contribution in [1.29, 1.82) is 0 Å². The highest BCUT2D eigenvalue weighted by molar-refractivity contribution is 6.05. The van der Waals surface area contributed by atoms with Gasteiger partial charge >= 0.3 is 0 Å². The van der Waals surface area contributed by atoms with E-state index in [4.69, 9.17) is 4.42 Å². The molecule has 0 atom stereocenters. The van der Waals surface area contributed by atoms with E-state index >= 15 is 0 Å². The fourth-order valence-electron chi connectivity index (χ4n) is 2.29. The summed E-state index contributed by atoms with van der Waals surface area (Å²) in [5.74, 6) is 1.10. The molecule has 24 heavy (non-hydrogen) atoms. The summed E-state index contributed by atoms with van der Waals surface area (Å²) in [5.41, 5.74) is 1.20. The molecule has 0 spiro atoms. The Labute approximate surface area is 139 Å². The van der Waals surface area contributed by atoms with Crippen LogP contribution < -0.4 is 15.1 Å². The standard InChI is InChI=1S/C17H19N5O2/c1-21(2)15-12(10-18-17(20-15)22(3)4)19-16(23)14-9-11-7-5-6-8-13(11)24-14/h5-10H,1-4H3,(H,19,23). The summed E-state index contributed by atoms with van der Waals surface area (Å²) in [6.07, 6.45) is 1.60. The van der Waals surface area contributed by atoms with Crippen LogP contribution in [-0.2, 0) is 0 Å². The quantitative estimate of drug-likeness (QED) is 0.795. The average molecular weight is 325 g/mol. The average Bonchev–Trinajstić information content (AvgIpc) is 2.99. The van der Waals surface area contributed by atoms with Gasteiger partial charge in [-0.3, -0.25) is 4.79 Å². The second-order valence-electron chi connectivity index (χ2n) is 5.80. The Morgan fingerprint density at radius 1 is 1.12 bits per heavy atom. The van der Waals surface area contributed by atoms with Crippen LogP contribution in [0.1, 0.15) is 10.6 Å². The summed E-state index contributed by atoms with van der Waals surface area (Å²) in [4.78, 5) is 24.8. The SMILES string of the molecule is CN(C)c1ncc(NC(=O)c2cc3ccccc3o2)c(N(C)C)n1. The van der Waals surface area contributed by atoms with Crippen LogP contribution in [0, 0.1) is 0 Å². The van der Waals surface area contributed by atoms with Crippen molar-refractivity contribution in [3.05, 3.63) is 42.3 Å². The molecule has 7 nitrogen and oxygen atoms in total. The summed E-state index contributed by atoms with van der Waals surface area (Å²) >= 11 is 0. The van der Waals surface area contributed by atoms with E-state index in [9.17, 15) is 4.79 Å². The number of carbonyl (C=O) groups excluding carboxylic acids is 1. The number of benzene rings is 1. The van der Waals surface area contributed by atoms with Crippen LogP contribution in [0.3, 0.4) is 0 Å². The normalized spacial score (nSPS) is 10.7. The molecule has 0 radical (unpaired) electrons. The first-order chi connectivity index (χ1) is 11.5. The number of hydrogen-bond donors (Lipinski definition) is 1. The summed E-state index contributed by atoms with van der Waals surface area (Å²) in [6.45, 7) is 0. The molecule has 2 heterocycles. The van der Waals surface area contributed by atoms with Crippen LogP contribution in [-0.4, -0.2) is 44.1 Å². The first-order valence-corrected chi connectivity index (χ1v) is 7.47. The molecule has 0 saturated carbocycles. The molecular formula is C17H19N5O2. The second kappa shape index (κ2) is 6.19. The molecule has 0 aliphatic carbocycles. The van der Waals surface area contributed by atoms with Crippen LogP contribution >= 0.6 is 0 Å². The van der Waals surface area contributed by atoms with Crippen molar-refractivity contribution in [1.82, 2.24) is 9.97 Å². The molecule has 3 rings (SSSR count). The monoisotopic (exact) mass is 325 g/mol. The Balaban J connectivity index is 1.90. The lowest BCUT2D eigenvalue weighted by atomic mass is 10.2. The highest BCUT2D eigenvalue weighted by Crippen LogP contribution is 2.25. The Morgan fingerprint density at radius 3 is 2.54 bits per heavy atom. The molecule has 1 aromatic carbocycles. The molecule has 0 aliphatic heterocycles. The van der Waals surface area contributed by atoms with Gasteiger partial charge in [0.1, 0.15) is 11.3 Å². The van der Waals surface area contributed by atoms with E-state index in [-0.39, 0.29) is 11.7 Å². The summed E-state index contributed by atoms with van der Waals surface area (Å²) in [5, 5.41) is 3.70. The van der Waals surface area contributed by atoms with E-state index < -0.39 is 0 Å². The lowest BCUT2D eigenvalue weighted by molar-refractivity contribution is 0.0998. The van der Waals surface area contributed by atoms with Gasteiger partial charge in [-0.05, 0) is 12.1 Å². The maximum Gasteiger partial charge on any atom is 0.291 e. The zero-order valence-corrected chi connectivity index (χ0v) is 14.1.